The Kier molecular flexibility index (Phi) is 6.45. The third-order valence-electron chi connectivity index (χ3n) is 4.76. The fourth-order valence-corrected chi connectivity index (χ4v) is 3.31. The van der Waals surface area contributed by atoms with Crippen LogP contribution in [0.15, 0.2) is 60.9 Å². The molecule has 2 heterocycles. The number of ether oxygens (including phenoxy) is 2. The summed E-state index contributed by atoms with van der Waals surface area (Å²) in [6.07, 6.45) is 3.89. The van der Waals surface area contributed by atoms with Crippen LogP contribution in [0.4, 0.5) is 19.3 Å². The standard InChI is InChI=1S/C24H18F2N4O3/c25-18-12-16(30-24(31)32-17-7-2-1-3-8-17)13-19(26)22(18)33-20-9-11-28-23-21(20)15(14-29-23)6-4-5-10-27/h1-3,7-9,11-14H,4-6H2,(H,28,29)(H,30,31). The molecule has 0 aliphatic heterocycles. The van der Waals surface area contributed by atoms with Gasteiger partial charge in [0, 0.05) is 30.9 Å². The van der Waals surface area contributed by atoms with E-state index in [2.05, 4.69) is 21.4 Å². The first kappa shape index (κ1) is 21.8. The first-order valence-electron chi connectivity index (χ1n) is 10.1. The number of aryl methyl sites for hydroxylation is 1. The maximum absolute atomic E-state index is 14.7. The molecule has 0 fully saturated rings. The van der Waals surface area contributed by atoms with Crippen LogP contribution in [0.25, 0.3) is 11.0 Å². The molecule has 33 heavy (non-hydrogen) atoms. The van der Waals surface area contributed by atoms with Crippen molar-refractivity contribution in [3.8, 4) is 23.3 Å². The number of nitriles is 1. The Morgan fingerprint density at radius 3 is 2.64 bits per heavy atom. The third-order valence-corrected chi connectivity index (χ3v) is 4.76. The van der Waals surface area contributed by atoms with Gasteiger partial charge in [0.2, 0.25) is 0 Å². The quantitative estimate of drug-likeness (QED) is 0.333. The van der Waals surface area contributed by atoms with Crippen LogP contribution >= 0.6 is 0 Å². The number of hydrogen-bond acceptors (Lipinski definition) is 5. The predicted octanol–water partition coefficient (Wildman–Crippen LogP) is 6.09. The van der Waals surface area contributed by atoms with Gasteiger partial charge in [0.15, 0.2) is 17.4 Å². The second kappa shape index (κ2) is 9.78. The number of carbonyl (C=O) groups excluding carboxylic acids is 1. The summed E-state index contributed by atoms with van der Waals surface area (Å²) >= 11 is 0. The van der Waals surface area contributed by atoms with Crippen molar-refractivity contribution in [2.24, 2.45) is 0 Å². The highest BCUT2D eigenvalue weighted by Crippen LogP contribution is 2.35. The Morgan fingerprint density at radius 1 is 1.15 bits per heavy atom. The van der Waals surface area contributed by atoms with Crippen molar-refractivity contribution in [1.29, 1.82) is 5.26 Å². The minimum absolute atomic E-state index is 0.128. The Morgan fingerprint density at radius 2 is 1.91 bits per heavy atom. The Bertz CT molecular complexity index is 1310. The van der Waals surface area contributed by atoms with Crippen molar-refractivity contribution in [3.05, 3.63) is 78.1 Å². The molecular formula is C24H18F2N4O3. The van der Waals surface area contributed by atoms with E-state index in [-0.39, 0.29) is 17.2 Å². The van der Waals surface area contributed by atoms with Gasteiger partial charge in [0.25, 0.3) is 0 Å². The molecule has 0 aliphatic carbocycles. The third kappa shape index (κ3) is 5.07. The minimum atomic E-state index is -1.00. The number of fused-ring (bicyclic) bond motifs is 1. The number of aromatic nitrogens is 2. The maximum atomic E-state index is 14.7. The highest BCUT2D eigenvalue weighted by Gasteiger charge is 2.18. The lowest BCUT2D eigenvalue weighted by Gasteiger charge is -2.12. The van der Waals surface area contributed by atoms with Gasteiger partial charge in [-0.05, 0) is 36.6 Å². The zero-order chi connectivity index (χ0) is 23.2. The molecule has 0 radical (unpaired) electrons. The predicted molar refractivity (Wildman–Crippen MR) is 117 cm³/mol. The SMILES string of the molecule is N#CCCCc1c[nH]c2nccc(Oc3c(F)cc(NC(=O)Oc4ccccc4)cc3F)c12. The van der Waals surface area contributed by atoms with Gasteiger partial charge in [-0.2, -0.15) is 5.26 Å². The summed E-state index contributed by atoms with van der Waals surface area (Å²) in [5, 5.41) is 11.6. The number of pyridine rings is 1. The smallest absolute Gasteiger partial charge is 0.417 e. The fraction of sp³-hybridized carbons (Fsp3) is 0.125. The summed E-state index contributed by atoms with van der Waals surface area (Å²) < 4.78 is 40.1. The normalized spacial score (nSPS) is 10.6. The van der Waals surface area contributed by atoms with E-state index >= 15 is 0 Å². The van der Waals surface area contributed by atoms with E-state index in [0.717, 1.165) is 17.7 Å². The Balaban J connectivity index is 1.54. The first-order valence-corrected chi connectivity index (χ1v) is 10.1. The molecule has 0 atom stereocenters. The second-order valence-corrected chi connectivity index (χ2v) is 7.06. The summed E-state index contributed by atoms with van der Waals surface area (Å²) in [6.45, 7) is 0. The number of anilines is 1. The number of para-hydroxylation sites is 1. The maximum Gasteiger partial charge on any atom is 0.417 e. The number of amides is 1. The molecule has 2 N–H and O–H groups in total. The van der Waals surface area contributed by atoms with Crippen molar-refractivity contribution in [1.82, 2.24) is 9.97 Å². The van der Waals surface area contributed by atoms with E-state index in [1.54, 1.807) is 36.5 Å². The van der Waals surface area contributed by atoms with E-state index in [1.165, 1.54) is 12.3 Å². The minimum Gasteiger partial charge on any atom is -0.450 e. The van der Waals surface area contributed by atoms with E-state index in [9.17, 15) is 13.6 Å². The van der Waals surface area contributed by atoms with Crippen LogP contribution in [0.1, 0.15) is 18.4 Å². The molecule has 9 heteroatoms. The highest BCUT2D eigenvalue weighted by molar-refractivity contribution is 5.87. The molecule has 0 saturated carbocycles. The van der Waals surface area contributed by atoms with Crippen LogP contribution in [-0.4, -0.2) is 16.1 Å². The molecule has 0 saturated heterocycles. The zero-order valence-electron chi connectivity index (χ0n) is 17.3. The molecule has 166 valence electrons. The molecule has 0 spiro atoms. The van der Waals surface area contributed by atoms with Crippen LogP contribution in [0, 0.1) is 23.0 Å². The van der Waals surface area contributed by atoms with E-state index in [1.807, 2.05) is 0 Å². The van der Waals surface area contributed by atoms with Crippen LogP contribution in [0.2, 0.25) is 0 Å². The summed E-state index contributed by atoms with van der Waals surface area (Å²) in [5.74, 6) is -2.12. The number of carbonyl (C=O) groups is 1. The van der Waals surface area contributed by atoms with Crippen molar-refractivity contribution >= 4 is 22.8 Å². The van der Waals surface area contributed by atoms with Gasteiger partial charge in [0.1, 0.15) is 17.1 Å². The number of unbranched alkanes of at least 4 members (excludes halogenated alkanes) is 1. The molecule has 7 nitrogen and oxygen atoms in total. The summed E-state index contributed by atoms with van der Waals surface area (Å²) in [6, 6.07) is 13.7. The van der Waals surface area contributed by atoms with Crippen molar-refractivity contribution in [3.63, 3.8) is 0 Å². The average Bonchev–Trinajstić information content (AvgIpc) is 3.21. The van der Waals surface area contributed by atoms with Gasteiger partial charge in [-0.1, -0.05) is 18.2 Å². The highest BCUT2D eigenvalue weighted by atomic mass is 19.1. The summed E-state index contributed by atoms with van der Waals surface area (Å²) in [4.78, 5) is 19.2. The van der Waals surface area contributed by atoms with Crippen molar-refractivity contribution in [2.45, 2.75) is 19.3 Å². The topological polar surface area (TPSA) is 100 Å². The van der Waals surface area contributed by atoms with Crippen molar-refractivity contribution in [2.75, 3.05) is 5.32 Å². The second-order valence-electron chi connectivity index (χ2n) is 7.06. The first-order chi connectivity index (χ1) is 16.0. The van der Waals surface area contributed by atoms with Crippen LogP contribution < -0.4 is 14.8 Å². The number of H-pyrrole nitrogens is 1. The van der Waals surface area contributed by atoms with Crippen LogP contribution in [-0.2, 0) is 6.42 Å². The molecule has 4 aromatic rings. The van der Waals surface area contributed by atoms with Gasteiger partial charge < -0.3 is 14.5 Å². The van der Waals surface area contributed by atoms with Gasteiger partial charge in [0.05, 0.1) is 17.1 Å². The summed E-state index contributed by atoms with van der Waals surface area (Å²) in [7, 11) is 0. The van der Waals surface area contributed by atoms with Crippen LogP contribution in [0.3, 0.4) is 0 Å². The molecule has 0 unspecified atom stereocenters. The van der Waals surface area contributed by atoms with Gasteiger partial charge >= 0.3 is 6.09 Å². The average molecular weight is 448 g/mol. The molecule has 0 bridgehead atoms. The Labute approximate surface area is 187 Å². The molecule has 2 aromatic carbocycles. The number of nitrogens with one attached hydrogen (secondary N) is 2. The molecular weight excluding hydrogens is 430 g/mol. The van der Waals surface area contributed by atoms with Crippen molar-refractivity contribution < 1.29 is 23.0 Å². The number of hydrogen-bond donors (Lipinski definition) is 2. The molecule has 0 aliphatic rings. The fourth-order valence-electron chi connectivity index (χ4n) is 3.31. The largest absolute Gasteiger partial charge is 0.450 e. The lowest BCUT2D eigenvalue weighted by Crippen LogP contribution is -2.17. The van der Waals surface area contributed by atoms with Crippen LogP contribution in [0.5, 0.6) is 17.2 Å². The van der Waals surface area contributed by atoms with Gasteiger partial charge in [-0.15, -0.1) is 0 Å². The lowest BCUT2D eigenvalue weighted by molar-refractivity contribution is 0.215. The monoisotopic (exact) mass is 448 g/mol. The van der Waals surface area contributed by atoms with Gasteiger partial charge in [-0.25, -0.2) is 18.6 Å². The molecule has 2 aromatic heterocycles. The Hall–Kier alpha value is -4.45. The van der Waals surface area contributed by atoms with E-state index in [4.69, 9.17) is 14.7 Å². The number of halogens is 2. The zero-order valence-corrected chi connectivity index (χ0v) is 17.3. The number of rotatable bonds is 7. The van der Waals surface area contributed by atoms with Gasteiger partial charge in [-0.3, -0.25) is 5.32 Å². The summed E-state index contributed by atoms with van der Waals surface area (Å²) in [5.41, 5.74) is 1.20. The number of aromatic amines is 1. The number of benzene rings is 2. The number of nitrogens with zero attached hydrogens (tertiary/aromatic N) is 2. The van der Waals surface area contributed by atoms with E-state index in [0.29, 0.717) is 30.3 Å². The lowest BCUT2D eigenvalue weighted by atomic mass is 10.1. The molecule has 1 amide bonds. The van der Waals surface area contributed by atoms with E-state index < -0.39 is 23.5 Å². The molecule has 4 rings (SSSR count).